The Bertz CT molecular complexity index is 421. The molecule has 86 valence electrons. The van der Waals surface area contributed by atoms with Gasteiger partial charge in [-0.2, -0.15) is 0 Å². The van der Waals surface area contributed by atoms with Crippen molar-refractivity contribution in [2.24, 2.45) is 5.16 Å². The van der Waals surface area contributed by atoms with Crippen LogP contribution in [0, 0.1) is 0 Å². The van der Waals surface area contributed by atoms with E-state index in [-0.39, 0.29) is 0 Å². The number of benzene rings is 1. The van der Waals surface area contributed by atoms with Crippen LogP contribution in [-0.4, -0.2) is 10.9 Å². The molecule has 1 unspecified atom stereocenters. The summed E-state index contributed by atoms with van der Waals surface area (Å²) >= 11 is 9.91. The van der Waals surface area contributed by atoms with Crippen molar-refractivity contribution in [1.29, 1.82) is 0 Å². The molecule has 1 saturated carbocycles. The van der Waals surface area contributed by atoms with E-state index in [0.29, 0.717) is 5.02 Å². The predicted octanol–water partition coefficient (Wildman–Crippen LogP) is 4.33. The molecule has 1 aromatic rings. The van der Waals surface area contributed by atoms with Crippen molar-refractivity contribution in [2.45, 2.75) is 30.0 Å². The molecule has 1 atom stereocenters. The van der Waals surface area contributed by atoms with Gasteiger partial charge in [-0.25, -0.2) is 0 Å². The van der Waals surface area contributed by atoms with Gasteiger partial charge in [-0.05, 0) is 30.9 Å². The number of rotatable bonds is 1. The third kappa shape index (κ3) is 1.98. The molecule has 0 aliphatic heterocycles. The van der Waals surface area contributed by atoms with E-state index in [1.54, 1.807) is 0 Å². The van der Waals surface area contributed by atoms with E-state index in [0.717, 1.165) is 37.0 Å². The number of oxime groups is 1. The molecular weight excluding hydrogens is 289 g/mol. The summed E-state index contributed by atoms with van der Waals surface area (Å²) in [6.07, 6.45) is 3.90. The van der Waals surface area contributed by atoms with E-state index >= 15 is 0 Å². The fourth-order valence-corrected chi connectivity index (χ4v) is 3.52. The van der Waals surface area contributed by atoms with Gasteiger partial charge in [0, 0.05) is 5.02 Å². The summed E-state index contributed by atoms with van der Waals surface area (Å²) in [5, 5.41) is 13.2. The molecule has 1 aromatic carbocycles. The number of nitrogens with zero attached hydrogens (tertiary/aromatic N) is 1. The van der Waals surface area contributed by atoms with E-state index in [4.69, 9.17) is 16.8 Å². The van der Waals surface area contributed by atoms with Crippen molar-refractivity contribution in [3.63, 3.8) is 0 Å². The summed E-state index contributed by atoms with van der Waals surface area (Å²) in [6, 6.07) is 7.70. The van der Waals surface area contributed by atoms with Crippen molar-refractivity contribution in [3.05, 3.63) is 34.9 Å². The van der Waals surface area contributed by atoms with Gasteiger partial charge in [0.15, 0.2) is 0 Å². The first-order valence-electron chi connectivity index (χ1n) is 5.34. The monoisotopic (exact) mass is 301 g/mol. The van der Waals surface area contributed by atoms with Gasteiger partial charge >= 0.3 is 0 Å². The van der Waals surface area contributed by atoms with Gasteiger partial charge in [-0.15, -0.1) is 0 Å². The summed E-state index contributed by atoms with van der Waals surface area (Å²) in [5.74, 6) is 0. The zero-order valence-corrected chi connectivity index (χ0v) is 11.1. The molecule has 1 N–H and O–H groups in total. The molecule has 1 aliphatic rings. The lowest BCUT2D eigenvalue weighted by atomic mass is 9.82. The molecule has 0 bridgehead atoms. The molecule has 4 heteroatoms. The van der Waals surface area contributed by atoms with Crippen molar-refractivity contribution in [1.82, 2.24) is 0 Å². The Hall–Kier alpha value is -0.540. The zero-order valence-electron chi connectivity index (χ0n) is 8.79. The number of hydrogen-bond acceptors (Lipinski definition) is 2. The maximum absolute atomic E-state index is 9.09. The quantitative estimate of drug-likeness (QED) is 0.467. The van der Waals surface area contributed by atoms with Crippen molar-refractivity contribution >= 4 is 33.2 Å². The van der Waals surface area contributed by atoms with Gasteiger partial charge in [0.2, 0.25) is 0 Å². The Morgan fingerprint density at radius 2 is 2.06 bits per heavy atom. The van der Waals surface area contributed by atoms with Gasteiger partial charge in [0.25, 0.3) is 0 Å². The van der Waals surface area contributed by atoms with Crippen molar-refractivity contribution in [3.8, 4) is 0 Å². The number of alkyl halides is 1. The molecule has 2 nitrogen and oxygen atoms in total. The van der Waals surface area contributed by atoms with E-state index in [1.165, 1.54) is 0 Å². The average Bonchev–Trinajstić information content (AvgIpc) is 2.30. The first-order chi connectivity index (χ1) is 7.68. The molecule has 1 fully saturated rings. The minimum atomic E-state index is -0.391. The second kappa shape index (κ2) is 4.76. The van der Waals surface area contributed by atoms with Crippen LogP contribution in [0.3, 0.4) is 0 Å². The molecule has 2 rings (SSSR count). The minimum absolute atomic E-state index is 0.391. The molecule has 1 aliphatic carbocycles. The highest BCUT2D eigenvalue weighted by Gasteiger charge is 2.38. The standard InChI is InChI=1S/C12H13BrClNO/c13-12(8-4-3-7-11(12)15-16)9-5-1-2-6-10(9)14/h1-2,5-6,16H,3-4,7-8H2. The lowest BCUT2D eigenvalue weighted by Crippen LogP contribution is -2.33. The fraction of sp³-hybridized carbons (Fsp3) is 0.417. The summed E-state index contributed by atoms with van der Waals surface area (Å²) in [5.41, 5.74) is 1.76. The fourth-order valence-electron chi connectivity index (χ4n) is 2.21. The topological polar surface area (TPSA) is 32.6 Å². The molecular formula is C12H13BrClNO. The molecule has 16 heavy (non-hydrogen) atoms. The lowest BCUT2D eigenvalue weighted by Gasteiger charge is -2.33. The van der Waals surface area contributed by atoms with Crippen LogP contribution in [0.15, 0.2) is 29.4 Å². The lowest BCUT2D eigenvalue weighted by molar-refractivity contribution is 0.311. The Labute approximate surface area is 108 Å². The minimum Gasteiger partial charge on any atom is -0.411 e. The summed E-state index contributed by atoms with van der Waals surface area (Å²) < 4.78 is -0.391. The summed E-state index contributed by atoms with van der Waals surface area (Å²) in [4.78, 5) is 0. The summed E-state index contributed by atoms with van der Waals surface area (Å²) in [6.45, 7) is 0. The van der Waals surface area contributed by atoms with Crippen LogP contribution in [-0.2, 0) is 4.32 Å². The van der Waals surface area contributed by atoms with Crippen LogP contribution in [0.4, 0.5) is 0 Å². The third-order valence-corrected chi connectivity index (χ3v) is 4.67. The molecule has 0 aromatic heterocycles. The smallest absolute Gasteiger partial charge is 0.0933 e. The van der Waals surface area contributed by atoms with E-state index < -0.39 is 4.32 Å². The maximum atomic E-state index is 9.09. The third-order valence-electron chi connectivity index (χ3n) is 3.06. The Morgan fingerprint density at radius 3 is 2.75 bits per heavy atom. The average molecular weight is 303 g/mol. The van der Waals surface area contributed by atoms with Crippen LogP contribution in [0.2, 0.25) is 5.02 Å². The number of halogens is 2. The van der Waals surface area contributed by atoms with Gasteiger partial charge in [0.1, 0.15) is 0 Å². The van der Waals surface area contributed by atoms with Crippen molar-refractivity contribution in [2.75, 3.05) is 0 Å². The maximum Gasteiger partial charge on any atom is 0.0933 e. The van der Waals surface area contributed by atoms with E-state index in [2.05, 4.69) is 21.1 Å². The Kier molecular flexibility index (Phi) is 3.55. The molecule has 0 saturated heterocycles. The highest BCUT2D eigenvalue weighted by molar-refractivity contribution is 9.10. The second-order valence-corrected chi connectivity index (χ2v) is 5.80. The van der Waals surface area contributed by atoms with Crippen LogP contribution in [0.5, 0.6) is 0 Å². The molecule has 0 spiro atoms. The van der Waals surface area contributed by atoms with Crippen molar-refractivity contribution < 1.29 is 5.21 Å². The molecule has 0 radical (unpaired) electrons. The van der Waals surface area contributed by atoms with Crippen LogP contribution >= 0.6 is 27.5 Å². The van der Waals surface area contributed by atoms with Crippen LogP contribution < -0.4 is 0 Å². The Balaban J connectivity index is 2.47. The highest BCUT2D eigenvalue weighted by Crippen LogP contribution is 2.45. The first-order valence-corrected chi connectivity index (χ1v) is 6.51. The van der Waals surface area contributed by atoms with E-state index in [1.807, 2.05) is 24.3 Å². The van der Waals surface area contributed by atoms with Crippen LogP contribution in [0.1, 0.15) is 31.2 Å². The zero-order chi connectivity index (χ0) is 11.6. The predicted molar refractivity (Wildman–Crippen MR) is 69.7 cm³/mol. The number of hydrogen-bond donors (Lipinski definition) is 1. The first kappa shape index (κ1) is 11.9. The Morgan fingerprint density at radius 1 is 1.31 bits per heavy atom. The van der Waals surface area contributed by atoms with E-state index in [9.17, 15) is 0 Å². The normalized spacial score (nSPS) is 28.2. The SMILES string of the molecule is ON=C1CCCCC1(Br)c1ccccc1Cl. The second-order valence-electron chi connectivity index (χ2n) is 4.03. The van der Waals surface area contributed by atoms with Gasteiger partial charge in [-0.3, -0.25) is 0 Å². The van der Waals surface area contributed by atoms with Gasteiger partial charge in [0.05, 0.1) is 10.0 Å². The molecule has 0 amide bonds. The summed E-state index contributed by atoms with van der Waals surface area (Å²) in [7, 11) is 0. The van der Waals surface area contributed by atoms with Gasteiger partial charge < -0.3 is 5.21 Å². The highest BCUT2D eigenvalue weighted by atomic mass is 79.9. The molecule has 0 heterocycles. The van der Waals surface area contributed by atoms with Gasteiger partial charge in [-0.1, -0.05) is 57.3 Å². The van der Waals surface area contributed by atoms with Crippen LogP contribution in [0.25, 0.3) is 0 Å². The largest absolute Gasteiger partial charge is 0.411 e.